The van der Waals surface area contributed by atoms with Gasteiger partial charge in [0, 0.05) is 6.42 Å². The molecule has 4 nitrogen and oxygen atoms in total. The van der Waals surface area contributed by atoms with E-state index in [2.05, 4.69) is 10.2 Å². The Balaban J connectivity index is 2.12. The summed E-state index contributed by atoms with van der Waals surface area (Å²) in [4.78, 5) is 11.5. The van der Waals surface area contributed by atoms with Gasteiger partial charge in [0.2, 0.25) is 5.78 Å². The Hall–Kier alpha value is -2.23. The maximum Gasteiger partial charge on any atom is 0.206 e. The minimum atomic E-state index is -0.113. The normalized spacial score (nSPS) is 23.3. The Morgan fingerprint density at radius 3 is 2.67 bits per heavy atom. The van der Waals surface area contributed by atoms with Crippen LogP contribution in [0, 0.1) is 0 Å². The molecule has 0 fully saturated rings. The van der Waals surface area contributed by atoms with E-state index in [1.165, 1.54) is 6.08 Å². The first kappa shape index (κ1) is 12.2. The van der Waals surface area contributed by atoms with E-state index < -0.39 is 0 Å². The van der Waals surface area contributed by atoms with Crippen LogP contribution in [0.1, 0.15) is 13.3 Å². The number of hydrogen-bond acceptors (Lipinski definition) is 4. The molecule has 0 radical (unpaired) electrons. The zero-order chi connectivity index (χ0) is 13.0. The standard InChI is InChI=1S/C14H14N2O2/c1-10-3-8-14(17)13(9-10)16-15-11-4-6-12(18-2)7-5-11/h3-4,6-9H,5H2,1-2H3/b15-11+,16-13-. The zero-order valence-corrected chi connectivity index (χ0v) is 10.4. The molecule has 0 aromatic heterocycles. The summed E-state index contributed by atoms with van der Waals surface area (Å²) < 4.78 is 5.08. The lowest BCUT2D eigenvalue weighted by Crippen LogP contribution is -2.12. The van der Waals surface area contributed by atoms with Gasteiger partial charge in [-0.1, -0.05) is 6.08 Å². The summed E-state index contributed by atoms with van der Waals surface area (Å²) in [5, 5.41) is 8.07. The van der Waals surface area contributed by atoms with E-state index in [0.717, 1.165) is 17.0 Å². The van der Waals surface area contributed by atoms with Crippen LogP contribution in [0.15, 0.2) is 58.0 Å². The van der Waals surface area contributed by atoms with Crippen molar-refractivity contribution in [3.8, 4) is 0 Å². The first-order chi connectivity index (χ1) is 8.69. The van der Waals surface area contributed by atoms with Crippen LogP contribution in [-0.4, -0.2) is 24.3 Å². The van der Waals surface area contributed by atoms with Gasteiger partial charge in [0.15, 0.2) is 0 Å². The van der Waals surface area contributed by atoms with Crippen LogP contribution in [0.3, 0.4) is 0 Å². The second-order valence-electron chi connectivity index (χ2n) is 4.01. The maximum absolute atomic E-state index is 11.5. The molecule has 0 saturated heterocycles. The highest BCUT2D eigenvalue weighted by Crippen LogP contribution is 2.10. The van der Waals surface area contributed by atoms with Gasteiger partial charge in [-0.2, -0.15) is 5.10 Å². The van der Waals surface area contributed by atoms with Gasteiger partial charge in [-0.15, -0.1) is 5.10 Å². The highest BCUT2D eigenvalue weighted by atomic mass is 16.5. The van der Waals surface area contributed by atoms with Crippen LogP contribution >= 0.6 is 0 Å². The molecule has 18 heavy (non-hydrogen) atoms. The summed E-state index contributed by atoms with van der Waals surface area (Å²) in [6, 6.07) is 0. The minimum absolute atomic E-state index is 0.113. The molecule has 0 amide bonds. The summed E-state index contributed by atoms with van der Waals surface area (Å²) in [6.07, 6.45) is 11.2. The smallest absolute Gasteiger partial charge is 0.206 e. The fraction of sp³-hybridized carbons (Fsp3) is 0.214. The third kappa shape index (κ3) is 2.91. The minimum Gasteiger partial charge on any atom is -0.497 e. The number of nitrogens with zero attached hydrogens (tertiary/aromatic N) is 2. The molecule has 92 valence electrons. The van der Waals surface area contributed by atoms with Crippen molar-refractivity contribution in [2.45, 2.75) is 13.3 Å². The van der Waals surface area contributed by atoms with Gasteiger partial charge in [0.05, 0.1) is 12.8 Å². The van der Waals surface area contributed by atoms with Gasteiger partial charge < -0.3 is 4.74 Å². The van der Waals surface area contributed by atoms with Gasteiger partial charge in [-0.3, -0.25) is 4.79 Å². The summed E-state index contributed by atoms with van der Waals surface area (Å²) in [6.45, 7) is 1.92. The van der Waals surface area contributed by atoms with Crippen molar-refractivity contribution in [2.24, 2.45) is 10.2 Å². The van der Waals surface area contributed by atoms with Crippen LogP contribution in [0.5, 0.6) is 0 Å². The van der Waals surface area contributed by atoms with Gasteiger partial charge >= 0.3 is 0 Å². The van der Waals surface area contributed by atoms with Crippen molar-refractivity contribution in [1.29, 1.82) is 0 Å². The van der Waals surface area contributed by atoms with Gasteiger partial charge in [-0.25, -0.2) is 0 Å². The molecule has 2 aliphatic carbocycles. The van der Waals surface area contributed by atoms with E-state index in [0.29, 0.717) is 12.1 Å². The molecular weight excluding hydrogens is 228 g/mol. The molecule has 0 saturated carbocycles. The van der Waals surface area contributed by atoms with E-state index >= 15 is 0 Å². The molecule has 0 aliphatic heterocycles. The third-order valence-electron chi connectivity index (χ3n) is 2.59. The van der Waals surface area contributed by atoms with E-state index in [1.54, 1.807) is 19.3 Å². The molecular formula is C14H14N2O2. The highest BCUT2D eigenvalue weighted by Gasteiger charge is 2.10. The number of ether oxygens (including phenoxy) is 1. The van der Waals surface area contributed by atoms with Crippen molar-refractivity contribution < 1.29 is 9.53 Å². The van der Waals surface area contributed by atoms with Crippen LogP contribution < -0.4 is 0 Å². The van der Waals surface area contributed by atoms with Crippen molar-refractivity contribution in [2.75, 3.05) is 7.11 Å². The molecule has 0 N–H and O–H groups in total. The van der Waals surface area contributed by atoms with Crippen LogP contribution in [-0.2, 0) is 9.53 Å². The van der Waals surface area contributed by atoms with E-state index in [-0.39, 0.29) is 5.78 Å². The lowest BCUT2D eigenvalue weighted by atomic mass is 10.1. The van der Waals surface area contributed by atoms with Gasteiger partial charge in [0.25, 0.3) is 0 Å². The second-order valence-corrected chi connectivity index (χ2v) is 4.01. The quantitative estimate of drug-likeness (QED) is 0.551. The third-order valence-corrected chi connectivity index (χ3v) is 2.59. The number of carbonyl (C=O) groups excluding carboxylic acids is 1. The molecule has 0 atom stereocenters. The highest BCUT2D eigenvalue weighted by molar-refractivity contribution is 6.49. The Labute approximate surface area is 106 Å². The fourth-order valence-electron chi connectivity index (χ4n) is 1.57. The first-order valence-corrected chi connectivity index (χ1v) is 5.66. The Morgan fingerprint density at radius 1 is 1.17 bits per heavy atom. The monoisotopic (exact) mass is 242 g/mol. The largest absolute Gasteiger partial charge is 0.497 e. The first-order valence-electron chi connectivity index (χ1n) is 5.66. The molecule has 0 aromatic rings. The van der Waals surface area contributed by atoms with Gasteiger partial charge in [0.1, 0.15) is 11.5 Å². The van der Waals surface area contributed by atoms with E-state index in [4.69, 9.17) is 4.74 Å². The number of allylic oxidation sites excluding steroid dienone is 7. The summed E-state index contributed by atoms with van der Waals surface area (Å²) >= 11 is 0. The van der Waals surface area contributed by atoms with Gasteiger partial charge in [-0.05, 0) is 42.9 Å². The Morgan fingerprint density at radius 2 is 2.00 bits per heavy atom. The van der Waals surface area contributed by atoms with Crippen molar-refractivity contribution in [3.63, 3.8) is 0 Å². The molecule has 2 aliphatic rings. The lowest BCUT2D eigenvalue weighted by Gasteiger charge is -2.06. The lowest BCUT2D eigenvalue weighted by molar-refractivity contribution is -0.108. The predicted octanol–water partition coefficient (Wildman–Crippen LogP) is 2.36. The summed E-state index contributed by atoms with van der Waals surface area (Å²) in [5.74, 6) is 0.701. The number of methoxy groups -OCH3 is 1. The summed E-state index contributed by atoms with van der Waals surface area (Å²) in [5.41, 5.74) is 2.17. The zero-order valence-electron chi connectivity index (χ0n) is 10.4. The SMILES string of the molecule is COC1=CC/C(=N/N=C2/C=C(C)C=CC2=O)C=C1. The average Bonchev–Trinajstić information content (AvgIpc) is 2.40. The van der Waals surface area contributed by atoms with E-state index in [9.17, 15) is 4.79 Å². The average molecular weight is 242 g/mol. The predicted molar refractivity (Wildman–Crippen MR) is 71.6 cm³/mol. The van der Waals surface area contributed by atoms with Crippen LogP contribution in [0.25, 0.3) is 0 Å². The molecule has 0 spiro atoms. The number of hydrogen-bond donors (Lipinski definition) is 0. The van der Waals surface area contributed by atoms with Crippen molar-refractivity contribution in [3.05, 3.63) is 47.8 Å². The molecule has 0 bridgehead atoms. The second kappa shape index (κ2) is 5.40. The molecule has 0 aromatic carbocycles. The molecule has 0 unspecified atom stereocenters. The molecule has 4 heteroatoms. The van der Waals surface area contributed by atoms with Crippen molar-refractivity contribution >= 4 is 17.2 Å². The Kier molecular flexibility index (Phi) is 3.67. The number of ketones is 1. The van der Waals surface area contributed by atoms with Crippen molar-refractivity contribution in [1.82, 2.24) is 0 Å². The fourth-order valence-corrected chi connectivity index (χ4v) is 1.57. The molecule has 2 rings (SSSR count). The van der Waals surface area contributed by atoms with Crippen LogP contribution in [0.2, 0.25) is 0 Å². The summed E-state index contributed by atoms with van der Waals surface area (Å²) in [7, 11) is 1.62. The van der Waals surface area contributed by atoms with Crippen LogP contribution in [0.4, 0.5) is 0 Å². The number of rotatable bonds is 2. The number of carbonyl (C=O) groups is 1. The maximum atomic E-state index is 11.5. The van der Waals surface area contributed by atoms with E-state index in [1.807, 2.05) is 25.2 Å². The topological polar surface area (TPSA) is 51.0 Å². The molecule has 0 heterocycles. The Bertz CT molecular complexity index is 546.